The van der Waals surface area contributed by atoms with Crippen molar-refractivity contribution in [3.63, 3.8) is 0 Å². The van der Waals surface area contributed by atoms with Crippen molar-refractivity contribution < 1.29 is 0 Å². The summed E-state index contributed by atoms with van der Waals surface area (Å²) in [5, 5.41) is 0. The Morgan fingerprint density at radius 3 is 3.25 bits per heavy atom. The predicted molar refractivity (Wildman–Crippen MR) is 70.7 cm³/mol. The predicted octanol–water partition coefficient (Wildman–Crippen LogP) is 0.565. The minimum atomic E-state index is 0.318. The molecule has 16 heavy (non-hydrogen) atoms. The van der Waals surface area contributed by atoms with Crippen molar-refractivity contribution in [2.75, 3.05) is 25.1 Å². The zero-order chi connectivity index (χ0) is 11.4. The Kier molecular flexibility index (Phi) is 4.60. The number of hydrogen-bond acceptors (Lipinski definition) is 6. The summed E-state index contributed by atoms with van der Waals surface area (Å²) in [5.41, 5.74) is 4.84. The average molecular weight is 258 g/mol. The van der Waals surface area contributed by atoms with Crippen LogP contribution in [0.2, 0.25) is 0 Å². The molecule has 3 N–H and O–H groups in total. The van der Waals surface area contributed by atoms with Crippen molar-refractivity contribution >= 4 is 23.1 Å². The van der Waals surface area contributed by atoms with E-state index < -0.39 is 0 Å². The minimum Gasteiger partial charge on any atom is -0.300 e. The number of nitrogens with two attached hydrogens (primary N) is 1. The number of nitrogens with zero attached hydrogens (tertiary/aromatic N) is 2. The Balaban J connectivity index is 1.98. The molecule has 1 fully saturated rings. The van der Waals surface area contributed by atoms with Crippen molar-refractivity contribution in [1.82, 2.24) is 15.3 Å². The molecule has 2 heterocycles. The number of aromatic nitrogens is 1. The molecule has 1 aromatic rings. The number of thiazole rings is 1. The Morgan fingerprint density at radius 2 is 2.62 bits per heavy atom. The maximum Gasteiger partial charge on any atom is 0.0794 e. The summed E-state index contributed by atoms with van der Waals surface area (Å²) in [6.07, 6.45) is 2.90. The summed E-state index contributed by atoms with van der Waals surface area (Å²) in [6.45, 7) is 1.15. The number of likely N-dealkylation sites (N-methyl/N-ethyl adjacent to an activating group) is 1. The van der Waals surface area contributed by atoms with E-state index in [9.17, 15) is 0 Å². The highest BCUT2D eigenvalue weighted by molar-refractivity contribution is 7.99. The van der Waals surface area contributed by atoms with Gasteiger partial charge in [0.1, 0.15) is 0 Å². The van der Waals surface area contributed by atoms with Crippen LogP contribution in [0.4, 0.5) is 0 Å². The Bertz CT molecular complexity index is 304. The van der Waals surface area contributed by atoms with E-state index in [0.29, 0.717) is 12.1 Å². The third-order valence-corrected chi connectivity index (χ3v) is 4.88. The second kappa shape index (κ2) is 5.97. The zero-order valence-electron chi connectivity index (χ0n) is 9.43. The Hall–Kier alpha value is -0.140. The number of nitrogens with one attached hydrogen (secondary N) is 1. The first kappa shape index (κ1) is 12.3. The fourth-order valence-electron chi connectivity index (χ4n) is 1.99. The van der Waals surface area contributed by atoms with Crippen LogP contribution in [-0.4, -0.2) is 47.1 Å². The van der Waals surface area contributed by atoms with Gasteiger partial charge in [0.15, 0.2) is 0 Å². The van der Waals surface area contributed by atoms with Gasteiger partial charge in [0.2, 0.25) is 0 Å². The molecule has 2 rings (SSSR count). The van der Waals surface area contributed by atoms with Gasteiger partial charge in [0, 0.05) is 47.6 Å². The second-order valence-electron chi connectivity index (χ2n) is 4.07. The van der Waals surface area contributed by atoms with E-state index in [0.717, 1.165) is 18.7 Å². The molecule has 0 saturated carbocycles. The third kappa shape index (κ3) is 2.95. The van der Waals surface area contributed by atoms with E-state index in [1.54, 1.807) is 11.3 Å². The highest BCUT2D eigenvalue weighted by atomic mass is 32.2. The topological polar surface area (TPSA) is 54.2 Å². The van der Waals surface area contributed by atoms with Crippen LogP contribution in [-0.2, 0) is 6.42 Å². The van der Waals surface area contributed by atoms with Crippen molar-refractivity contribution in [2.45, 2.75) is 18.5 Å². The molecular weight excluding hydrogens is 240 g/mol. The van der Waals surface area contributed by atoms with Crippen LogP contribution in [0.1, 0.15) is 4.88 Å². The molecule has 90 valence electrons. The number of hydrazine groups is 1. The lowest BCUT2D eigenvalue weighted by Crippen LogP contribution is -2.55. The fourth-order valence-corrected chi connectivity index (χ4v) is 3.96. The molecule has 2 unspecified atom stereocenters. The van der Waals surface area contributed by atoms with Crippen LogP contribution < -0.4 is 11.3 Å². The molecule has 1 saturated heterocycles. The minimum absolute atomic E-state index is 0.318. The largest absolute Gasteiger partial charge is 0.300 e. The lowest BCUT2D eigenvalue weighted by molar-refractivity contribution is 0.214. The van der Waals surface area contributed by atoms with Crippen molar-refractivity contribution in [3.8, 4) is 0 Å². The summed E-state index contributed by atoms with van der Waals surface area (Å²) < 4.78 is 0. The molecule has 2 atom stereocenters. The molecule has 0 amide bonds. The van der Waals surface area contributed by atoms with Crippen LogP contribution in [0.25, 0.3) is 0 Å². The van der Waals surface area contributed by atoms with Gasteiger partial charge < -0.3 is 4.90 Å². The zero-order valence-corrected chi connectivity index (χ0v) is 11.1. The van der Waals surface area contributed by atoms with Gasteiger partial charge in [-0.2, -0.15) is 11.8 Å². The van der Waals surface area contributed by atoms with E-state index >= 15 is 0 Å². The van der Waals surface area contributed by atoms with Gasteiger partial charge in [-0.3, -0.25) is 16.3 Å². The molecule has 4 nitrogen and oxygen atoms in total. The molecule has 0 radical (unpaired) electrons. The van der Waals surface area contributed by atoms with Gasteiger partial charge in [0.25, 0.3) is 0 Å². The van der Waals surface area contributed by atoms with Gasteiger partial charge >= 0.3 is 0 Å². The van der Waals surface area contributed by atoms with Crippen molar-refractivity contribution in [1.29, 1.82) is 0 Å². The van der Waals surface area contributed by atoms with E-state index in [1.165, 1.54) is 10.6 Å². The Labute approximate surface area is 105 Å². The van der Waals surface area contributed by atoms with Gasteiger partial charge in [-0.25, -0.2) is 0 Å². The summed E-state index contributed by atoms with van der Waals surface area (Å²) in [5.74, 6) is 8.06. The molecule has 0 aliphatic carbocycles. The summed E-state index contributed by atoms with van der Waals surface area (Å²) in [7, 11) is 2.18. The lowest BCUT2D eigenvalue weighted by atomic mass is 10.1. The van der Waals surface area contributed by atoms with E-state index in [4.69, 9.17) is 5.84 Å². The van der Waals surface area contributed by atoms with Crippen LogP contribution in [0.3, 0.4) is 0 Å². The lowest BCUT2D eigenvalue weighted by Gasteiger charge is -2.37. The molecule has 1 aromatic heterocycles. The summed E-state index contributed by atoms with van der Waals surface area (Å²) in [4.78, 5) is 7.81. The maximum absolute atomic E-state index is 5.68. The first-order valence-corrected chi connectivity index (χ1v) is 7.46. The van der Waals surface area contributed by atoms with Crippen LogP contribution in [0.15, 0.2) is 11.7 Å². The van der Waals surface area contributed by atoms with Crippen LogP contribution in [0, 0.1) is 0 Å². The van der Waals surface area contributed by atoms with Crippen LogP contribution in [0.5, 0.6) is 0 Å². The third-order valence-electron chi connectivity index (χ3n) is 3.03. The maximum atomic E-state index is 5.68. The van der Waals surface area contributed by atoms with Crippen LogP contribution >= 0.6 is 23.1 Å². The van der Waals surface area contributed by atoms with Gasteiger partial charge in [-0.05, 0) is 7.05 Å². The Morgan fingerprint density at radius 1 is 1.75 bits per heavy atom. The number of thioether (sulfide) groups is 1. The molecule has 0 spiro atoms. The monoisotopic (exact) mass is 258 g/mol. The average Bonchev–Trinajstić information content (AvgIpc) is 2.80. The smallest absolute Gasteiger partial charge is 0.0794 e. The van der Waals surface area contributed by atoms with Gasteiger partial charge in [-0.15, -0.1) is 11.3 Å². The van der Waals surface area contributed by atoms with Gasteiger partial charge in [-0.1, -0.05) is 0 Å². The first-order chi connectivity index (χ1) is 7.81. The standard InChI is InChI=1S/C10H18N4S2/c1-14-2-3-15-6-10(14)9(13-11)4-8-5-12-7-16-8/h5,7,9-10,13H,2-4,6,11H2,1H3. The fraction of sp³-hybridized carbons (Fsp3) is 0.700. The summed E-state index contributed by atoms with van der Waals surface area (Å²) in [6, 6.07) is 0.837. The van der Waals surface area contributed by atoms with Crippen molar-refractivity contribution in [2.24, 2.45) is 5.84 Å². The van der Waals surface area contributed by atoms with E-state index in [1.807, 2.05) is 23.5 Å². The normalized spacial score (nSPS) is 24.5. The quantitative estimate of drug-likeness (QED) is 0.611. The summed E-state index contributed by atoms with van der Waals surface area (Å²) >= 11 is 3.71. The molecule has 6 heteroatoms. The second-order valence-corrected chi connectivity index (χ2v) is 6.19. The van der Waals surface area contributed by atoms with Crippen molar-refractivity contribution in [3.05, 3.63) is 16.6 Å². The van der Waals surface area contributed by atoms with E-state index in [-0.39, 0.29) is 0 Å². The van der Waals surface area contributed by atoms with E-state index in [2.05, 4.69) is 22.4 Å². The van der Waals surface area contributed by atoms with Gasteiger partial charge in [0.05, 0.1) is 5.51 Å². The molecule has 0 aromatic carbocycles. The molecule has 0 bridgehead atoms. The molecular formula is C10H18N4S2. The molecule has 1 aliphatic heterocycles. The SMILES string of the molecule is CN1CCSCC1C(Cc1cncs1)NN. The number of rotatable bonds is 4. The highest BCUT2D eigenvalue weighted by Crippen LogP contribution is 2.20. The highest BCUT2D eigenvalue weighted by Gasteiger charge is 2.27. The number of hydrogen-bond donors (Lipinski definition) is 2. The first-order valence-electron chi connectivity index (χ1n) is 5.42. The molecule has 1 aliphatic rings.